The molecule has 1 atom stereocenters. The Kier molecular flexibility index (Phi) is 2.19. The Bertz CT molecular complexity index is 108. The number of rotatable bonds is 1. The van der Waals surface area contributed by atoms with Crippen molar-refractivity contribution in [1.82, 2.24) is 5.32 Å². The second-order valence-corrected chi connectivity index (χ2v) is 3.48. The van der Waals surface area contributed by atoms with Crippen LogP contribution in [0.3, 0.4) is 0 Å². The van der Waals surface area contributed by atoms with Crippen LogP contribution in [-0.4, -0.2) is 22.4 Å². The standard InChI is InChI=1S/C4H6BrNOS/c5-1-3-2-6-4(7)8-3/h3H,1-2H2,(H,6,7). The van der Waals surface area contributed by atoms with Gasteiger partial charge in [-0.2, -0.15) is 0 Å². The van der Waals surface area contributed by atoms with E-state index < -0.39 is 0 Å². The quantitative estimate of drug-likeness (QED) is 0.638. The molecule has 0 radical (unpaired) electrons. The molecule has 8 heavy (non-hydrogen) atoms. The summed E-state index contributed by atoms with van der Waals surface area (Å²) in [4.78, 5) is 10.4. The lowest BCUT2D eigenvalue weighted by atomic mass is 10.5. The third-order valence-electron chi connectivity index (χ3n) is 0.920. The number of carbonyl (C=O) groups excluding carboxylic acids is 1. The number of amides is 1. The average Bonchev–Trinajstić information content (AvgIpc) is 2.14. The summed E-state index contributed by atoms with van der Waals surface area (Å²) >= 11 is 4.66. The van der Waals surface area contributed by atoms with E-state index in [1.807, 2.05) is 0 Å². The molecule has 2 nitrogen and oxygen atoms in total. The monoisotopic (exact) mass is 195 g/mol. The number of halogens is 1. The highest BCUT2D eigenvalue weighted by Gasteiger charge is 2.20. The summed E-state index contributed by atoms with van der Waals surface area (Å²) in [5.74, 6) is 0. The maximum Gasteiger partial charge on any atom is 0.279 e. The summed E-state index contributed by atoms with van der Waals surface area (Å²) in [5.41, 5.74) is 0. The minimum Gasteiger partial charge on any atom is -0.346 e. The molecule has 1 rings (SSSR count). The fraction of sp³-hybridized carbons (Fsp3) is 0.750. The first-order valence-corrected chi connectivity index (χ1v) is 4.33. The summed E-state index contributed by atoms with van der Waals surface area (Å²) in [5, 5.41) is 4.17. The highest BCUT2D eigenvalue weighted by molar-refractivity contribution is 9.09. The van der Waals surface area contributed by atoms with Crippen molar-refractivity contribution in [2.45, 2.75) is 5.25 Å². The van der Waals surface area contributed by atoms with Crippen molar-refractivity contribution in [2.24, 2.45) is 0 Å². The highest BCUT2D eigenvalue weighted by Crippen LogP contribution is 2.18. The van der Waals surface area contributed by atoms with E-state index in [4.69, 9.17) is 0 Å². The van der Waals surface area contributed by atoms with E-state index in [1.54, 1.807) is 0 Å². The zero-order chi connectivity index (χ0) is 5.98. The average molecular weight is 196 g/mol. The van der Waals surface area contributed by atoms with E-state index in [9.17, 15) is 4.79 Å². The van der Waals surface area contributed by atoms with Crippen LogP contribution < -0.4 is 5.32 Å². The Labute approximate surface area is 60.5 Å². The van der Waals surface area contributed by atoms with Crippen LogP contribution in [0.2, 0.25) is 0 Å². The Morgan fingerprint density at radius 2 is 2.75 bits per heavy atom. The summed E-state index contributed by atoms with van der Waals surface area (Å²) in [6, 6.07) is 0. The highest BCUT2D eigenvalue weighted by atomic mass is 79.9. The van der Waals surface area contributed by atoms with Gasteiger partial charge in [0.25, 0.3) is 5.24 Å². The van der Waals surface area contributed by atoms with Gasteiger partial charge in [-0.05, 0) is 0 Å². The van der Waals surface area contributed by atoms with E-state index in [0.717, 1.165) is 11.9 Å². The zero-order valence-corrected chi connectivity index (χ0v) is 6.59. The molecule has 0 saturated carbocycles. The van der Waals surface area contributed by atoms with Gasteiger partial charge in [0.2, 0.25) is 0 Å². The first kappa shape index (κ1) is 6.42. The van der Waals surface area contributed by atoms with Crippen LogP contribution >= 0.6 is 27.7 Å². The van der Waals surface area contributed by atoms with Gasteiger partial charge in [0, 0.05) is 17.1 Å². The molecule has 46 valence electrons. The second kappa shape index (κ2) is 2.73. The molecule has 0 spiro atoms. The SMILES string of the molecule is O=C1NCC(CBr)S1. The Morgan fingerprint density at radius 1 is 2.00 bits per heavy atom. The molecule has 0 aliphatic carbocycles. The summed E-state index contributed by atoms with van der Waals surface area (Å²) in [7, 11) is 0. The molecule has 0 aromatic heterocycles. The lowest BCUT2D eigenvalue weighted by Crippen LogP contribution is -2.15. The van der Waals surface area contributed by atoms with E-state index in [-0.39, 0.29) is 5.24 Å². The first-order chi connectivity index (χ1) is 3.83. The van der Waals surface area contributed by atoms with Gasteiger partial charge >= 0.3 is 0 Å². The summed E-state index contributed by atoms with van der Waals surface area (Å²) in [6.07, 6.45) is 0. The molecule has 1 aliphatic heterocycles. The van der Waals surface area contributed by atoms with Crippen molar-refractivity contribution in [3.63, 3.8) is 0 Å². The maximum absolute atomic E-state index is 10.4. The molecule has 1 fully saturated rings. The molecule has 1 heterocycles. The lowest BCUT2D eigenvalue weighted by Gasteiger charge is -1.94. The van der Waals surface area contributed by atoms with E-state index >= 15 is 0 Å². The van der Waals surface area contributed by atoms with E-state index in [2.05, 4.69) is 21.2 Å². The number of hydrogen-bond acceptors (Lipinski definition) is 2. The van der Waals surface area contributed by atoms with Crippen LogP contribution in [-0.2, 0) is 0 Å². The summed E-state index contributed by atoms with van der Waals surface area (Å²) < 4.78 is 0. The predicted octanol–water partition coefficient (Wildman–Crippen LogP) is 1.21. The van der Waals surface area contributed by atoms with Gasteiger partial charge in [0.05, 0.1) is 0 Å². The second-order valence-electron chi connectivity index (χ2n) is 1.56. The largest absolute Gasteiger partial charge is 0.346 e. The van der Waals surface area contributed by atoms with Crippen molar-refractivity contribution in [1.29, 1.82) is 0 Å². The normalized spacial score (nSPS) is 28.1. The molecule has 0 bridgehead atoms. The van der Waals surface area contributed by atoms with Crippen LogP contribution in [0.1, 0.15) is 0 Å². The number of carbonyl (C=O) groups is 1. The predicted molar refractivity (Wildman–Crippen MR) is 38.6 cm³/mol. The molecule has 1 saturated heterocycles. The molecule has 1 unspecified atom stereocenters. The van der Waals surface area contributed by atoms with Crippen molar-refractivity contribution in [3.8, 4) is 0 Å². The van der Waals surface area contributed by atoms with Gasteiger partial charge in [-0.15, -0.1) is 0 Å². The maximum atomic E-state index is 10.4. The van der Waals surface area contributed by atoms with Crippen LogP contribution in [0, 0.1) is 0 Å². The molecular weight excluding hydrogens is 190 g/mol. The molecular formula is C4H6BrNOS. The third-order valence-corrected chi connectivity index (χ3v) is 3.16. The lowest BCUT2D eigenvalue weighted by molar-refractivity contribution is 0.262. The van der Waals surface area contributed by atoms with Crippen LogP contribution in [0.25, 0.3) is 0 Å². The van der Waals surface area contributed by atoms with Crippen molar-refractivity contribution in [3.05, 3.63) is 0 Å². The molecule has 0 aromatic rings. The number of alkyl halides is 1. The molecule has 0 aromatic carbocycles. The van der Waals surface area contributed by atoms with Gasteiger partial charge in [-0.3, -0.25) is 4.79 Å². The van der Waals surface area contributed by atoms with Gasteiger partial charge < -0.3 is 5.32 Å². The van der Waals surface area contributed by atoms with Crippen LogP contribution in [0.15, 0.2) is 0 Å². The first-order valence-electron chi connectivity index (χ1n) is 2.33. The number of hydrogen-bond donors (Lipinski definition) is 1. The van der Waals surface area contributed by atoms with E-state index in [0.29, 0.717) is 5.25 Å². The van der Waals surface area contributed by atoms with Crippen molar-refractivity contribution < 1.29 is 4.79 Å². The Hall–Kier alpha value is 0.300. The number of nitrogens with one attached hydrogen (secondary N) is 1. The van der Waals surface area contributed by atoms with Crippen LogP contribution in [0.4, 0.5) is 4.79 Å². The Morgan fingerprint density at radius 3 is 3.00 bits per heavy atom. The van der Waals surface area contributed by atoms with Crippen LogP contribution in [0.5, 0.6) is 0 Å². The smallest absolute Gasteiger partial charge is 0.279 e. The molecule has 4 heteroatoms. The van der Waals surface area contributed by atoms with Gasteiger partial charge in [0.1, 0.15) is 0 Å². The number of thioether (sulfide) groups is 1. The van der Waals surface area contributed by atoms with E-state index in [1.165, 1.54) is 11.8 Å². The molecule has 1 N–H and O–H groups in total. The van der Waals surface area contributed by atoms with Crippen molar-refractivity contribution in [2.75, 3.05) is 11.9 Å². The van der Waals surface area contributed by atoms with Gasteiger partial charge in [-0.25, -0.2) is 0 Å². The van der Waals surface area contributed by atoms with Gasteiger partial charge in [-0.1, -0.05) is 27.7 Å². The fourth-order valence-corrected chi connectivity index (χ4v) is 1.84. The molecule has 1 amide bonds. The topological polar surface area (TPSA) is 29.1 Å². The molecule has 1 aliphatic rings. The third kappa shape index (κ3) is 1.39. The Balaban J connectivity index is 2.32. The minimum atomic E-state index is 0.106. The zero-order valence-electron chi connectivity index (χ0n) is 4.19. The fourth-order valence-electron chi connectivity index (χ4n) is 0.518. The summed E-state index contributed by atoms with van der Waals surface area (Å²) in [6.45, 7) is 0.814. The van der Waals surface area contributed by atoms with Crippen molar-refractivity contribution >= 4 is 32.9 Å². The minimum absolute atomic E-state index is 0.106. The van der Waals surface area contributed by atoms with Gasteiger partial charge in [0.15, 0.2) is 0 Å².